The van der Waals surface area contributed by atoms with E-state index in [0.29, 0.717) is 31.9 Å². The molecule has 5 heterocycles. The molecule has 1 aromatic carbocycles. The maximum Gasteiger partial charge on any atom is 0.246 e. The van der Waals surface area contributed by atoms with Crippen molar-refractivity contribution in [3.63, 3.8) is 0 Å². The van der Waals surface area contributed by atoms with Gasteiger partial charge in [-0.2, -0.15) is 5.10 Å². The van der Waals surface area contributed by atoms with Gasteiger partial charge < -0.3 is 9.64 Å². The van der Waals surface area contributed by atoms with Crippen LogP contribution in [-0.4, -0.2) is 73.6 Å². The van der Waals surface area contributed by atoms with E-state index in [1.165, 1.54) is 25.3 Å². The van der Waals surface area contributed by atoms with Crippen LogP contribution in [0.5, 0.6) is 5.75 Å². The van der Waals surface area contributed by atoms with Crippen molar-refractivity contribution >= 4 is 43.9 Å². The number of hydrogen-bond donors (Lipinski definition) is 0. The smallest absolute Gasteiger partial charge is 0.246 e. The normalized spacial score (nSPS) is 17.0. The van der Waals surface area contributed by atoms with Gasteiger partial charge in [0, 0.05) is 71.5 Å². The van der Waals surface area contributed by atoms with Gasteiger partial charge in [0.2, 0.25) is 5.91 Å². The van der Waals surface area contributed by atoms with Crippen LogP contribution in [0.4, 0.5) is 4.39 Å². The molecule has 6 rings (SSSR count). The zero-order valence-electron chi connectivity index (χ0n) is 22.2. The largest absolute Gasteiger partial charge is 0.496 e. The van der Waals surface area contributed by atoms with Crippen molar-refractivity contribution in [1.29, 1.82) is 0 Å². The van der Waals surface area contributed by atoms with Crippen molar-refractivity contribution < 1.29 is 18.1 Å². The van der Waals surface area contributed by atoms with E-state index in [0.717, 1.165) is 50.2 Å². The van der Waals surface area contributed by atoms with E-state index in [1.54, 1.807) is 34.8 Å². The number of rotatable bonds is 7. The van der Waals surface area contributed by atoms with Gasteiger partial charge in [0.1, 0.15) is 11.6 Å². The molecule has 0 spiro atoms. The molecule has 0 bridgehead atoms. The van der Waals surface area contributed by atoms with Gasteiger partial charge in [0.15, 0.2) is 0 Å². The maximum absolute atomic E-state index is 14.2. The Morgan fingerprint density at radius 1 is 1.27 bits per heavy atom. The highest BCUT2D eigenvalue weighted by Gasteiger charge is 2.32. The number of fused-ring (bicyclic) bond motifs is 1. The summed E-state index contributed by atoms with van der Waals surface area (Å²) in [4.78, 5) is 18.9. The Kier molecular flexibility index (Phi) is 7.11. The topological polar surface area (TPSA) is 80.6 Å². The van der Waals surface area contributed by atoms with Crippen molar-refractivity contribution in [2.24, 2.45) is 0 Å². The highest BCUT2D eigenvalue weighted by atomic mass is 32.2. The molecule has 2 aliphatic rings. The molecule has 11 heteroatoms. The molecule has 0 aliphatic carbocycles. The minimum Gasteiger partial charge on any atom is -0.496 e. The lowest BCUT2D eigenvalue weighted by atomic mass is 9.95. The van der Waals surface area contributed by atoms with E-state index in [9.17, 15) is 13.4 Å². The third-order valence-corrected chi connectivity index (χ3v) is 9.47. The summed E-state index contributed by atoms with van der Waals surface area (Å²) in [6.45, 7) is 5.97. The van der Waals surface area contributed by atoms with E-state index in [2.05, 4.69) is 23.8 Å². The van der Waals surface area contributed by atoms with E-state index in [-0.39, 0.29) is 17.8 Å². The molecule has 8 nitrogen and oxygen atoms in total. The average Bonchev–Trinajstić information content (AvgIpc) is 3.62. The SMILES string of the molecule is C=CC(=O)N1CC(n2cc(-c3nc(C4=CCN(S(C)=O)CC4)c4ccsc4c3-c3ccc(F)cc3OC)cn2)C1. The summed E-state index contributed by atoms with van der Waals surface area (Å²) in [6.07, 6.45) is 9.61. The zero-order valence-corrected chi connectivity index (χ0v) is 23.8. The van der Waals surface area contributed by atoms with Crippen molar-refractivity contribution in [2.45, 2.75) is 12.5 Å². The van der Waals surface area contributed by atoms with Gasteiger partial charge in [-0.05, 0) is 41.6 Å². The van der Waals surface area contributed by atoms with Gasteiger partial charge in [0.05, 0.1) is 41.7 Å². The van der Waals surface area contributed by atoms with Gasteiger partial charge >= 0.3 is 0 Å². The number of aromatic nitrogens is 3. The Bertz CT molecular complexity index is 1690. The van der Waals surface area contributed by atoms with Gasteiger partial charge in [-0.1, -0.05) is 12.7 Å². The lowest BCUT2D eigenvalue weighted by Gasteiger charge is -2.38. The molecule has 1 amide bonds. The fourth-order valence-corrected chi connectivity index (χ4v) is 6.88. The monoisotopic (exact) mass is 577 g/mol. The highest BCUT2D eigenvalue weighted by molar-refractivity contribution is 7.81. The van der Waals surface area contributed by atoms with Crippen LogP contribution in [0, 0.1) is 5.82 Å². The Morgan fingerprint density at radius 3 is 2.80 bits per heavy atom. The first-order chi connectivity index (χ1) is 19.4. The number of methoxy groups -OCH3 is 1. The Balaban J connectivity index is 1.50. The number of ether oxygens (including phenoxy) is 1. The molecule has 40 heavy (non-hydrogen) atoms. The van der Waals surface area contributed by atoms with Crippen LogP contribution in [0.2, 0.25) is 0 Å². The summed E-state index contributed by atoms with van der Waals surface area (Å²) in [6, 6.07) is 6.68. The fourth-order valence-electron chi connectivity index (χ4n) is 5.29. The van der Waals surface area contributed by atoms with E-state index in [1.807, 2.05) is 20.6 Å². The summed E-state index contributed by atoms with van der Waals surface area (Å²) in [7, 11) is 0.504. The average molecular weight is 578 g/mol. The quantitative estimate of drug-likeness (QED) is 0.291. The van der Waals surface area contributed by atoms with Crippen LogP contribution >= 0.6 is 11.3 Å². The molecule has 3 aromatic heterocycles. The molecule has 206 valence electrons. The van der Waals surface area contributed by atoms with Crippen LogP contribution in [0.15, 0.2) is 60.8 Å². The number of carbonyl (C=O) groups excluding carboxylic acids is 1. The van der Waals surface area contributed by atoms with Gasteiger partial charge in [-0.25, -0.2) is 17.9 Å². The number of halogens is 1. The fraction of sp³-hybridized carbons (Fsp3) is 0.276. The molecule has 0 saturated carbocycles. The number of amides is 1. The number of likely N-dealkylation sites (tertiary alicyclic amines) is 1. The third-order valence-electron chi connectivity index (χ3n) is 7.48. The second kappa shape index (κ2) is 10.7. The second-order valence-corrected chi connectivity index (χ2v) is 12.1. The minimum absolute atomic E-state index is 0.0633. The first-order valence-corrected chi connectivity index (χ1v) is 15.3. The standard InChI is InChI=1S/C29H28FN5O3S2/c1-4-25(36)33-16-21(17-33)35-15-19(14-31-35)28-26(22-6-5-20(30)13-24(22)38-2)29-23(9-12-39-29)27(32-28)18-7-10-34(11-8-18)40(3)37/h4-7,9,12-15,21H,1,8,10-11,16-17H2,2-3H3. The number of carbonyl (C=O) groups is 1. The highest BCUT2D eigenvalue weighted by Crippen LogP contribution is 2.45. The first kappa shape index (κ1) is 26.5. The van der Waals surface area contributed by atoms with Gasteiger partial charge in [-0.15, -0.1) is 11.3 Å². The van der Waals surface area contributed by atoms with Crippen LogP contribution in [0.3, 0.4) is 0 Å². The van der Waals surface area contributed by atoms with Crippen LogP contribution in [-0.2, 0) is 15.8 Å². The van der Waals surface area contributed by atoms with Gasteiger partial charge in [0.25, 0.3) is 0 Å². The molecular formula is C29H28FN5O3S2. The molecule has 1 atom stereocenters. The molecule has 2 aliphatic heterocycles. The van der Waals surface area contributed by atoms with Gasteiger partial charge in [-0.3, -0.25) is 9.48 Å². The summed E-state index contributed by atoms with van der Waals surface area (Å²) in [5.41, 5.74) is 5.14. The van der Waals surface area contributed by atoms with Crippen LogP contribution in [0.25, 0.3) is 38.0 Å². The zero-order chi connectivity index (χ0) is 28.0. The number of hydrogen-bond acceptors (Lipinski definition) is 6. The third kappa shape index (κ3) is 4.67. The van der Waals surface area contributed by atoms with Crippen molar-refractivity contribution in [3.05, 3.63) is 72.3 Å². The summed E-state index contributed by atoms with van der Waals surface area (Å²) in [5, 5.41) is 7.69. The van der Waals surface area contributed by atoms with E-state index in [4.69, 9.17) is 9.72 Å². The first-order valence-electron chi connectivity index (χ1n) is 12.9. The molecule has 4 aromatic rings. The Labute approximate surface area is 238 Å². The molecule has 1 fully saturated rings. The van der Waals surface area contributed by atoms with Crippen molar-refractivity contribution in [2.75, 3.05) is 39.5 Å². The minimum atomic E-state index is -1.03. The molecular weight excluding hydrogens is 549 g/mol. The predicted octanol–water partition coefficient (Wildman–Crippen LogP) is 4.93. The van der Waals surface area contributed by atoms with Crippen molar-refractivity contribution in [1.82, 2.24) is 24.0 Å². The van der Waals surface area contributed by atoms with Crippen LogP contribution < -0.4 is 4.74 Å². The number of nitrogens with zero attached hydrogens (tertiary/aromatic N) is 5. The summed E-state index contributed by atoms with van der Waals surface area (Å²) >= 11 is 1.60. The number of pyridine rings is 1. The summed E-state index contributed by atoms with van der Waals surface area (Å²) < 4.78 is 36.7. The second-order valence-electron chi connectivity index (χ2n) is 9.79. The molecule has 0 N–H and O–H groups in total. The van der Waals surface area contributed by atoms with E-state index < -0.39 is 11.0 Å². The van der Waals surface area contributed by atoms with Crippen LogP contribution in [0.1, 0.15) is 18.2 Å². The molecule has 1 saturated heterocycles. The number of benzene rings is 1. The van der Waals surface area contributed by atoms with Crippen molar-refractivity contribution in [3.8, 4) is 28.1 Å². The molecule has 0 radical (unpaired) electrons. The van der Waals surface area contributed by atoms with E-state index >= 15 is 0 Å². The Morgan fingerprint density at radius 2 is 2.10 bits per heavy atom. The summed E-state index contributed by atoms with van der Waals surface area (Å²) in [5.74, 6) is -0.0424. The predicted molar refractivity (Wildman–Crippen MR) is 157 cm³/mol. The Hall–Kier alpha value is -3.67. The molecule has 1 unspecified atom stereocenters. The lowest BCUT2D eigenvalue weighted by Crippen LogP contribution is -2.50. The lowest BCUT2D eigenvalue weighted by molar-refractivity contribution is -0.131. The maximum atomic E-state index is 14.2. The number of thiophene rings is 1.